The summed E-state index contributed by atoms with van der Waals surface area (Å²) in [6.07, 6.45) is 1.41. The molecule has 0 unspecified atom stereocenters. The summed E-state index contributed by atoms with van der Waals surface area (Å²) in [6, 6.07) is 14.1. The summed E-state index contributed by atoms with van der Waals surface area (Å²) in [5, 5.41) is 3.42. The molecule has 162 valence electrons. The summed E-state index contributed by atoms with van der Waals surface area (Å²) in [4.78, 5) is 21.6. The lowest BCUT2D eigenvalue weighted by atomic mass is 10.1. The van der Waals surface area contributed by atoms with E-state index in [1.54, 1.807) is 6.07 Å². The molecule has 0 radical (unpaired) electrons. The van der Waals surface area contributed by atoms with Gasteiger partial charge < -0.3 is 9.73 Å². The van der Waals surface area contributed by atoms with Gasteiger partial charge in [-0.05, 0) is 37.1 Å². The standard InChI is InChI=1S/C24H27ClN4O2/c1-17-4-3-5-19(12-17)14-28-8-10-29(11-9-28)15-23-27-22(16-31-23)24(30)26-20-7-6-18(2)21(25)13-20/h3-7,12-13,16H,8-11,14-15H2,1-2H3,(H,26,30). The van der Waals surface area contributed by atoms with Crippen molar-refractivity contribution in [3.05, 3.63) is 82.0 Å². The number of hydrogen-bond donors (Lipinski definition) is 1. The minimum absolute atomic E-state index is 0.268. The van der Waals surface area contributed by atoms with Crippen molar-refractivity contribution in [2.24, 2.45) is 0 Å². The first-order chi connectivity index (χ1) is 15.0. The second-order valence-electron chi connectivity index (χ2n) is 8.09. The molecule has 1 N–H and O–H groups in total. The highest BCUT2D eigenvalue weighted by molar-refractivity contribution is 6.31. The molecule has 0 bridgehead atoms. The Morgan fingerprint density at radius 3 is 2.52 bits per heavy atom. The van der Waals surface area contributed by atoms with Crippen LogP contribution in [0.5, 0.6) is 0 Å². The fourth-order valence-electron chi connectivity index (χ4n) is 3.72. The number of aryl methyl sites for hydroxylation is 2. The molecule has 2 aromatic carbocycles. The van der Waals surface area contributed by atoms with E-state index in [1.807, 2.05) is 19.1 Å². The minimum atomic E-state index is -0.308. The lowest BCUT2D eigenvalue weighted by molar-refractivity contribution is 0.102. The second-order valence-corrected chi connectivity index (χ2v) is 8.49. The maximum absolute atomic E-state index is 12.5. The van der Waals surface area contributed by atoms with E-state index in [1.165, 1.54) is 17.4 Å². The Balaban J connectivity index is 1.27. The highest BCUT2D eigenvalue weighted by atomic mass is 35.5. The van der Waals surface area contributed by atoms with Gasteiger partial charge >= 0.3 is 0 Å². The van der Waals surface area contributed by atoms with E-state index in [2.05, 4.69) is 51.3 Å². The summed E-state index contributed by atoms with van der Waals surface area (Å²) in [5.74, 6) is 0.247. The van der Waals surface area contributed by atoms with Crippen molar-refractivity contribution < 1.29 is 9.21 Å². The number of rotatable bonds is 6. The Labute approximate surface area is 187 Å². The normalized spacial score (nSPS) is 15.2. The van der Waals surface area contributed by atoms with Gasteiger partial charge in [-0.2, -0.15) is 0 Å². The maximum Gasteiger partial charge on any atom is 0.277 e. The first-order valence-electron chi connectivity index (χ1n) is 10.5. The van der Waals surface area contributed by atoms with E-state index in [-0.39, 0.29) is 11.6 Å². The Morgan fingerprint density at radius 1 is 1.06 bits per heavy atom. The first-order valence-corrected chi connectivity index (χ1v) is 10.9. The van der Waals surface area contributed by atoms with Crippen LogP contribution in [0.1, 0.15) is 33.1 Å². The summed E-state index contributed by atoms with van der Waals surface area (Å²) in [6.45, 7) is 9.49. The predicted molar refractivity (Wildman–Crippen MR) is 122 cm³/mol. The summed E-state index contributed by atoms with van der Waals surface area (Å²) < 4.78 is 5.55. The number of hydrogen-bond acceptors (Lipinski definition) is 5. The van der Waals surface area contributed by atoms with Gasteiger partial charge in [-0.3, -0.25) is 14.6 Å². The molecule has 1 aliphatic rings. The van der Waals surface area contributed by atoms with Crippen LogP contribution in [0.2, 0.25) is 5.02 Å². The number of nitrogens with one attached hydrogen (secondary N) is 1. The number of halogens is 1. The third kappa shape index (κ3) is 5.73. The topological polar surface area (TPSA) is 61.6 Å². The lowest BCUT2D eigenvalue weighted by Crippen LogP contribution is -2.45. The van der Waals surface area contributed by atoms with Gasteiger partial charge in [0.05, 0.1) is 6.54 Å². The number of carbonyl (C=O) groups excluding carboxylic acids is 1. The van der Waals surface area contributed by atoms with Crippen molar-refractivity contribution in [3.8, 4) is 0 Å². The zero-order valence-corrected chi connectivity index (χ0v) is 18.7. The zero-order valence-electron chi connectivity index (χ0n) is 17.9. The van der Waals surface area contributed by atoms with Crippen LogP contribution in [-0.4, -0.2) is 46.9 Å². The zero-order chi connectivity index (χ0) is 21.8. The van der Waals surface area contributed by atoms with E-state index < -0.39 is 0 Å². The lowest BCUT2D eigenvalue weighted by Gasteiger charge is -2.34. The molecule has 31 heavy (non-hydrogen) atoms. The van der Waals surface area contributed by atoms with Gasteiger partial charge in [0.15, 0.2) is 5.69 Å². The number of oxazole rings is 1. The molecule has 0 atom stereocenters. The van der Waals surface area contributed by atoms with E-state index in [9.17, 15) is 4.79 Å². The summed E-state index contributed by atoms with van der Waals surface area (Å²) in [7, 11) is 0. The molecular formula is C24H27ClN4O2. The van der Waals surface area contributed by atoms with E-state index in [0.29, 0.717) is 23.1 Å². The first kappa shape index (κ1) is 21.6. The molecule has 1 saturated heterocycles. The molecule has 3 aromatic rings. The molecule has 1 fully saturated rings. The number of nitrogens with zero attached hydrogens (tertiary/aromatic N) is 3. The van der Waals surface area contributed by atoms with Gasteiger partial charge in [-0.25, -0.2) is 4.98 Å². The van der Waals surface area contributed by atoms with Crippen molar-refractivity contribution in [1.82, 2.24) is 14.8 Å². The van der Waals surface area contributed by atoms with Crippen LogP contribution in [0.15, 0.2) is 53.1 Å². The van der Waals surface area contributed by atoms with Gasteiger partial charge in [0.25, 0.3) is 5.91 Å². The Bertz CT molecular complexity index is 1060. The van der Waals surface area contributed by atoms with E-state index in [0.717, 1.165) is 38.3 Å². The number of piperazine rings is 1. The summed E-state index contributed by atoms with van der Waals surface area (Å²) >= 11 is 6.12. The predicted octanol–water partition coefficient (Wildman–Crippen LogP) is 4.51. The van der Waals surface area contributed by atoms with Crippen LogP contribution in [0, 0.1) is 13.8 Å². The molecule has 4 rings (SSSR count). The molecule has 1 aromatic heterocycles. The third-order valence-electron chi connectivity index (χ3n) is 5.53. The Kier molecular flexibility index (Phi) is 6.70. The third-order valence-corrected chi connectivity index (χ3v) is 5.93. The van der Waals surface area contributed by atoms with Crippen molar-refractivity contribution in [3.63, 3.8) is 0 Å². The van der Waals surface area contributed by atoms with Gasteiger partial charge in [0.1, 0.15) is 6.26 Å². The van der Waals surface area contributed by atoms with Crippen LogP contribution in [0.4, 0.5) is 5.69 Å². The molecular weight excluding hydrogens is 412 g/mol. The molecule has 7 heteroatoms. The molecule has 1 aliphatic heterocycles. The molecule has 2 heterocycles. The van der Waals surface area contributed by atoms with Gasteiger partial charge in [0.2, 0.25) is 5.89 Å². The van der Waals surface area contributed by atoms with Gasteiger partial charge in [-0.15, -0.1) is 0 Å². The van der Waals surface area contributed by atoms with Crippen molar-refractivity contribution in [1.29, 1.82) is 0 Å². The van der Waals surface area contributed by atoms with Crippen molar-refractivity contribution in [2.75, 3.05) is 31.5 Å². The second kappa shape index (κ2) is 9.64. The molecule has 0 saturated carbocycles. The molecule has 6 nitrogen and oxygen atoms in total. The highest BCUT2D eigenvalue weighted by Gasteiger charge is 2.20. The van der Waals surface area contributed by atoms with Gasteiger partial charge in [0, 0.05) is 43.4 Å². The van der Waals surface area contributed by atoms with Crippen LogP contribution >= 0.6 is 11.6 Å². The number of benzene rings is 2. The highest BCUT2D eigenvalue weighted by Crippen LogP contribution is 2.20. The Hall–Kier alpha value is -2.67. The summed E-state index contributed by atoms with van der Waals surface area (Å²) in [5.41, 5.74) is 4.51. The van der Waals surface area contributed by atoms with Crippen molar-refractivity contribution >= 4 is 23.2 Å². The number of anilines is 1. The minimum Gasteiger partial charge on any atom is -0.447 e. The van der Waals surface area contributed by atoms with Crippen LogP contribution < -0.4 is 5.32 Å². The SMILES string of the molecule is Cc1cccc(CN2CCN(Cc3nc(C(=O)Nc4ccc(C)c(Cl)c4)co3)CC2)c1. The van der Waals surface area contributed by atoms with Crippen LogP contribution in [0.25, 0.3) is 0 Å². The van der Waals surface area contributed by atoms with Crippen LogP contribution in [-0.2, 0) is 13.1 Å². The number of amides is 1. The molecule has 0 aliphatic carbocycles. The van der Waals surface area contributed by atoms with E-state index >= 15 is 0 Å². The number of carbonyl (C=O) groups is 1. The fraction of sp³-hybridized carbons (Fsp3) is 0.333. The number of aromatic nitrogens is 1. The molecule has 1 amide bonds. The van der Waals surface area contributed by atoms with Crippen molar-refractivity contribution in [2.45, 2.75) is 26.9 Å². The Morgan fingerprint density at radius 2 is 1.81 bits per heavy atom. The van der Waals surface area contributed by atoms with Gasteiger partial charge in [-0.1, -0.05) is 47.5 Å². The molecule has 0 spiro atoms. The maximum atomic E-state index is 12.5. The average molecular weight is 439 g/mol. The smallest absolute Gasteiger partial charge is 0.277 e. The average Bonchev–Trinajstić information content (AvgIpc) is 3.21. The fourth-order valence-corrected chi connectivity index (χ4v) is 3.90. The van der Waals surface area contributed by atoms with E-state index in [4.69, 9.17) is 16.0 Å². The largest absolute Gasteiger partial charge is 0.447 e. The quantitative estimate of drug-likeness (QED) is 0.613. The monoisotopic (exact) mass is 438 g/mol. The van der Waals surface area contributed by atoms with Crippen LogP contribution in [0.3, 0.4) is 0 Å².